The third-order valence-electron chi connectivity index (χ3n) is 5.70. The van der Waals surface area contributed by atoms with E-state index in [-0.39, 0.29) is 10.9 Å². The zero-order valence-corrected chi connectivity index (χ0v) is 15.7. The predicted octanol–water partition coefficient (Wildman–Crippen LogP) is 5.06. The second-order valence-corrected chi connectivity index (χ2v) is 7.17. The molecule has 3 aromatic carbocycles. The van der Waals surface area contributed by atoms with Gasteiger partial charge < -0.3 is 4.74 Å². The van der Waals surface area contributed by atoms with Crippen LogP contribution in [-0.4, -0.2) is 24.2 Å². The van der Waals surface area contributed by atoms with Gasteiger partial charge in [0.2, 0.25) is 0 Å². The molecule has 2 heterocycles. The second-order valence-electron chi connectivity index (χ2n) is 7.17. The van der Waals surface area contributed by atoms with Crippen LogP contribution >= 0.6 is 0 Å². The van der Waals surface area contributed by atoms with Crippen molar-refractivity contribution < 1.29 is 18.7 Å². The first-order valence-electron chi connectivity index (χ1n) is 9.34. The molecule has 1 aliphatic heterocycles. The van der Waals surface area contributed by atoms with Crippen LogP contribution in [0, 0.1) is 12.7 Å². The van der Waals surface area contributed by atoms with Crippen LogP contribution in [0.1, 0.15) is 31.8 Å². The zero-order chi connectivity index (χ0) is 20.1. The monoisotopic (exact) mass is 385 g/mol. The third kappa shape index (κ3) is 2.47. The van der Waals surface area contributed by atoms with Gasteiger partial charge in [0.25, 0.3) is 0 Å². The summed E-state index contributed by atoms with van der Waals surface area (Å²) in [5.74, 6) is 0.155. The van der Waals surface area contributed by atoms with E-state index in [1.54, 1.807) is 18.3 Å². The zero-order valence-electron chi connectivity index (χ0n) is 15.7. The molecule has 29 heavy (non-hydrogen) atoms. The highest BCUT2D eigenvalue weighted by molar-refractivity contribution is 6.07. The minimum atomic E-state index is -0.624. The molecule has 5 heteroatoms. The Hall–Kier alpha value is -3.60. The van der Waals surface area contributed by atoms with E-state index < -0.39 is 5.82 Å². The highest BCUT2D eigenvalue weighted by atomic mass is 19.1. The van der Waals surface area contributed by atoms with Crippen molar-refractivity contribution in [3.63, 3.8) is 0 Å². The molecular weight excluding hydrogens is 369 g/mol. The maximum atomic E-state index is 14.9. The van der Waals surface area contributed by atoms with Crippen molar-refractivity contribution in [3.8, 4) is 16.9 Å². The molecule has 0 fully saturated rings. The van der Waals surface area contributed by atoms with Crippen molar-refractivity contribution in [1.82, 2.24) is 4.98 Å². The molecule has 142 valence electrons. The fourth-order valence-corrected chi connectivity index (χ4v) is 4.23. The number of ether oxygens (including phenoxy) is 1. The minimum Gasteiger partial charge on any atom is -0.493 e. The molecule has 0 bridgehead atoms. The van der Waals surface area contributed by atoms with Crippen molar-refractivity contribution in [3.05, 3.63) is 70.7 Å². The summed E-state index contributed by atoms with van der Waals surface area (Å²) < 4.78 is 20.7. The number of aromatic nitrogens is 1. The molecule has 0 aliphatic carbocycles. The van der Waals surface area contributed by atoms with Crippen LogP contribution in [-0.2, 0) is 6.42 Å². The molecule has 0 amide bonds. The van der Waals surface area contributed by atoms with Crippen LogP contribution in [0.2, 0.25) is 0 Å². The molecular formula is C24H16FNO3. The summed E-state index contributed by atoms with van der Waals surface area (Å²) in [6.45, 7) is 2.46. The normalized spacial score (nSPS) is 12.8. The summed E-state index contributed by atoms with van der Waals surface area (Å²) in [6, 6.07) is 10.5. The molecule has 0 N–H and O–H groups in total. The summed E-state index contributed by atoms with van der Waals surface area (Å²) in [6.07, 6.45) is 3.78. The number of fused-ring (bicyclic) bond motifs is 1. The van der Waals surface area contributed by atoms with E-state index in [0.29, 0.717) is 29.4 Å². The summed E-state index contributed by atoms with van der Waals surface area (Å²) in [7, 11) is 0. The summed E-state index contributed by atoms with van der Waals surface area (Å²) in [5.41, 5.74) is 4.54. The van der Waals surface area contributed by atoms with Crippen LogP contribution in [0.3, 0.4) is 0 Å². The summed E-state index contributed by atoms with van der Waals surface area (Å²) in [4.78, 5) is 27.7. The average molecular weight is 385 g/mol. The van der Waals surface area contributed by atoms with Gasteiger partial charge in [0.1, 0.15) is 11.6 Å². The topological polar surface area (TPSA) is 56.3 Å². The number of nitrogens with zero attached hydrogens (tertiary/aromatic N) is 1. The van der Waals surface area contributed by atoms with Crippen molar-refractivity contribution in [2.24, 2.45) is 0 Å². The van der Waals surface area contributed by atoms with Gasteiger partial charge in [0, 0.05) is 34.5 Å². The Kier molecular flexibility index (Phi) is 3.91. The van der Waals surface area contributed by atoms with E-state index in [2.05, 4.69) is 4.98 Å². The molecule has 0 radical (unpaired) electrons. The van der Waals surface area contributed by atoms with E-state index >= 15 is 0 Å². The number of carbonyl (C=O) groups excluding carboxylic acids is 2. The van der Waals surface area contributed by atoms with E-state index in [4.69, 9.17) is 4.74 Å². The number of benzene rings is 3. The fourth-order valence-electron chi connectivity index (χ4n) is 4.23. The van der Waals surface area contributed by atoms with Gasteiger partial charge in [-0.15, -0.1) is 0 Å². The first-order valence-corrected chi connectivity index (χ1v) is 9.34. The van der Waals surface area contributed by atoms with Crippen LogP contribution in [0.15, 0.2) is 42.6 Å². The standard InChI is InChI=1S/C24H16FNO3/c1-13-18(10-19-16(20(13)12-28)3-2-15(11-27)23(19)25)17-4-5-21-22-14(7-9-29-21)6-8-26-24(17)22/h2-6,8,10-12H,7,9H2,1H3. The lowest BCUT2D eigenvalue weighted by molar-refractivity contribution is 0.111. The van der Waals surface area contributed by atoms with E-state index in [1.165, 1.54) is 6.07 Å². The lowest BCUT2D eigenvalue weighted by Gasteiger charge is -2.20. The SMILES string of the molecule is Cc1c(-c2ccc3c4c(ccnc24)CCO3)cc2c(F)c(C=O)ccc2c1C=O. The smallest absolute Gasteiger partial charge is 0.153 e. The molecule has 4 nitrogen and oxygen atoms in total. The van der Waals surface area contributed by atoms with Crippen molar-refractivity contribution in [1.29, 1.82) is 0 Å². The van der Waals surface area contributed by atoms with Crippen LogP contribution in [0.4, 0.5) is 4.39 Å². The fraction of sp³-hybridized carbons (Fsp3) is 0.125. The Bertz CT molecular complexity index is 1330. The van der Waals surface area contributed by atoms with Crippen molar-refractivity contribution >= 4 is 34.2 Å². The number of hydrogen-bond acceptors (Lipinski definition) is 4. The summed E-state index contributed by atoms with van der Waals surface area (Å²) >= 11 is 0. The van der Waals surface area contributed by atoms with Gasteiger partial charge in [-0.25, -0.2) is 4.39 Å². The molecule has 0 unspecified atom stereocenters. The van der Waals surface area contributed by atoms with Gasteiger partial charge in [-0.05, 0) is 59.3 Å². The largest absolute Gasteiger partial charge is 0.493 e. The molecule has 0 atom stereocenters. The number of hydrogen-bond donors (Lipinski definition) is 0. The molecule has 4 aromatic rings. The Morgan fingerprint density at radius 2 is 1.90 bits per heavy atom. The maximum absolute atomic E-state index is 14.9. The molecule has 0 spiro atoms. The Labute approximate surface area is 165 Å². The van der Waals surface area contributed by atoms with Gasteiger partial charge in [0.15, 0.2) is 12.6 Å². The van der Waals surface area contributed by atoms with E-state index in [0.717, 1.165) is 46.0 Å². The number of aldehydes is 2. The van der Waals surface area contributed by atoms with Gasteiger partial charge >= 0.3 is 0 Å². The minimum absolute atomic E-state index is 0.0347. The number of halogens is 1. The molecule has 1 aliphatic rings. The maximum Gasteiger partial charge on any atom is 0.153 e. The van der Waals surface area contributed by atoms with Crippen molar-refractivity contribution in [2.45, 2.75) is 13.3 Å². The highest BCUT2D eigenvalue weighted by Crippen LogP contribution is 2.40. The number of pyridine rings is 1. The number of rotatable bonds is 3. The van der Waals surface area contributed by atoms with Gasteiger partial charge in [-0.2, -0.15) is 0 Å². The Balaban J connectivity index is 1.90. The van der Waals surface area contributed by atoms with Crippen LogP contribution < -0.4 is 4.74 Å². The van der Waals surface area contributed by atoms with Gasteiger partial charge in [-0.1, -0.05) is 6.07 Å². The van der Waals surface area contributed by atoms with Gasteiger partial charge in [-0.3, -0.25) is 14.6 Å². The average Bonchev–Trinajstić information content (AvgIpc) is 2.75. The highest BCUT2D eigenvalue weighted by Gasteiger charge is 2.21. The number of carbonyl (C=O) groups is 2. The lowest BCUT2D eigenvalue weighted by atomic mass is 9.89. The molecule has 1 aromatic heterocycles. The van der Waals surface area contributed by atoms with E-state index in [1.807, 2.05) is 25.1 Å². The first kappa shape index (κ1) is 17.5. The second kappa shape index (κ2) is 6.48. The predicted molar refractivity (Wildman–Crippen MR) is 109 cm³/mol. The summed E-state index contributed by atoms with van der Waals surface area (Å²) in [5, 5.41) is 1.68. The van der Waals surface area contributed by atoms with E-state index in [9.17, 15) is 14.0 Å². The van der Waals surface area contributed by atoms with Crippen LogP contribution in [0.5, 0.6) is 5.75 Å². The molecule has 0 saturated heterocycles. The quantitative estimate of drug-likeness (QED) is 0.463. The van der Waals surface area contributed by atoms with Gasteiger partial charge in [0.05, 0.1) is 17.7 Å². The lowest BCUT2D eigenvalue weighted by Crippen LogP contribution is -2.09. The van der Waals surface area contributed by atoms with Crippen LogP contribution in [0.25, 0.3) is 32.8 Å². The Morgan fingerprint density at radius 3 is 2.69 bits per heavy atom. The third-order valence-corrected chi connectivity index (χ3v) is 5.70. The molecule has 0 saturated carbocycles. The van der Waals surface area contributed by atoms with Crippen molar-refractivity contribution in [2.75, 3.05) is 6.61 Å². The Morgan fingerprint density at radius 1 is 1.03 bits per heavy atom. The first-order chi connectivity index (χ1) is 14.1. The molecule has 5 rings (SSSR count).